The van der Waals surface area contributed by atoms with Crippen LogP contribution in [0.1, 0.15) is 20.7 Å². The van der Waals surface area contributed by atoms with Gasteiger partial charge in [-0.25, -0.2) is 19.2 Å². The SMILES string of the molecule is C=CCOC(=O)COC(=O)c1c(Br)c(Br)c(Br)c(Br)c1C(=O)OCC(=O)OCC=C. The molecule has 0 amide bonds. The van der Waals surface area contributed by atoms with E-state index >= 15 is 0 Å². The van der Waals surface area contributed by atoms with E-state index in [2.05, 4.69) is 76.9 Å². The van der Waals surface area contributed by atoms with Gasteiger partial charge in [0.15, 0.2) is 13.2 Å². The van der Waals surface area contributed by atoms with Gasteiger partial charge in [0.2, 0.25) is 0 Å². The minimum Gasteiger partial charge on any atom is -0.459 e. The first kappa shape index (κ1) is 26.5. The first-order valence-electron chi connectivity index (χ1n) is 7.88. The molecule has 12 heteroatoms. The summed E-state index contributed by atoms with van der Waals surface area (Å²) in [5.74, 6) is -3.62. The molecule has 0 aliphatic heterocycles. The Hall–Kier alpha value is -1.50. The van der Waals surface area contributed by atoms with Gasteiger partial charge in [-0.2, -0.15) is 0 Å². The Morgan fingerprint density at radius 3 is 1.27 bits per heavy atom. The topological polar surface area (TPSA) is 105 Å². The molecule has 0 unspecified atom stereocenters. The van der Waals surface area contributed by atoms with Crippen LogP contribution in [0.3, 0.4) is 0 Å². The molecule has 1 aromatic rings. The summed E-state index contributed by atoms with van der Waals surface area (Å²) < 4.78 is 20.4. The van der Waals surface area contributed by atoms with E-state index in [0.29, 0.717) is 8.95 Å². The van der Waals surface area contributed by atoms with E-state index in [1.165, 1.54) is 12.2 Å². The Morgan fingerprint density at radius 2 is 0.967 bits per heavy atom. The van der Waals surface area contributed by atoms with Crippen LogP contribution < -0.4 is 0 Å². The fourth-order valence-corrected chi connectivity index (χ4v) is 4.24. The Bertz CT molecular complexity index is 811. The summed E-state index contributed by atoms with van der Waals surface area (Å²) in [6.45, 7) is 5.32. The maximum Gasteiger partial charge on any atom is 0.344 e. The quantitative estimate of drug-likeness (QED) is 0.117. The van der Waals surface area contributed by atoms with E-state index in [4.69, 9.17) is 18.9 Å². The van der Waals surface area contributed by atoms with Crippen molar-refractivity contribution in [2.24, 2.45) is 0 Å². The zero-order valence-corrected chi connectivity index (χ0v) is 21.5. The third-order valence-corrected chi connectivity index (χ3v) is 7.81. The lowest BCUT2D eigenvalue weighted by atomic mass is 10.1. The van der Waals surface area contributed by atoms with Gasteiger partial charge in [0, 0.05) is 17.9 Å². The molecule has 0 fully saturated rings. The molecule has 0 N–H and O–H groups in total. The largest absolute Gasteiger partial charge is 0.459 e. The van der Waals surface area contributed by atoms with Gasteiger partial charge >= 0.3 is 23.9 Å². The fourth-order valence-electron chi connectivity index (χ4n) is 1.80. The van der Waals surface area contributed by atoms with Crippen molar-refractivity contribution in [3.63, 3.8) is 0 Å². The summed E-state index contributed by atoms with van der Waals surface area (Å²) >= 11 is 13.0. The van der Waals surface area contributed by atoms with E-state index in [-0.39, 0.29) is 33.3 Å². The summed E-state index contributed by atoms with van der Waals surface area (Å²) in [6.07, 6.45) is 2.71. The van der Waals surface area contributed by atoms with Crippen molar-refractivity contribution in [1.82, 2.24) is 0 Å². The van der Waals surface area contributed by atoms with Gasteiger partial charge in [0.05, 0.1) is 11.1 Å². The number of hydrogen-bond acceptors (Lipinski definition) is 8. The first-order chi connectivity index (χ1) is 14.1. The van der Waals surface area contributed by atoms with Crippen LogP contribution in [0.5, 0.6) is 0 Å². The number of ether oxygens (including phenoxy) is 4. The maximum absolute atomic E-state index is 12.6. The predicted molar refractivity (Wildman–Crippen MR) is 120 cm³/mol. The molecule has 0 aliphatic rings. The molecule has 162 valence electrons. The molecule has 0 spiro atoms. The highest BCUT2D eigenvalue weighted by Crippen LogP contribution is 2.42. The molecular formula is C18H14Br4O8. The first-order valence-corrected chi connectivity index (χ1v) is 11.1. The highest BCUT2D eigenvalue weighted by atomic mass is 79.9. The van der Waals surface area contributed by atoms with Crippen molar-refractivity contribution < 1.29 is 38.1 Å². The van der Waals surface area contributed by atoms with E-state index in [0.717, 1.165) is 0 Å². The molecular weight excluding hydrogens is 664 g/mol. The van der Waals surface area contributed by atoms with Crippen LogP contribution in [-0.2, 0) is 28.5 Å². The number of hydrogen-bond donors (Lipinski definition) is 0. The Balaban J connectivity index is 3.16. The lowest BCUT2D eigenvalue weighted by Crippen LogP contribution is -2.22. The summed E-state index contributed by atoms with van der Waals surface area (Å²) in [6, 6.07) is 0. The molecule has 0 saturated carbocycles. The molecule has 1 rings (SSSR count). The van der Waals surface area contributed by atoms with Crippen LogP contribution in [-0.4, -0.2) is 50.3 Å². The Labute approximate surface area is 205 Å². The molecule has 0 heterocycles. The number of benzene rings is 1. The zero-order chi connectivity index (χ0) is 22.8. The van der Waals surface area contributed by atoms with Crippen LogP contribution in [0, 0.1) is 0 Å². The van der Waals surface area contributed by atoms with Crippen molar-refractivity contribution >= 4 is 87.6 Å². The molecule has 0 aromatic heterocycles. The van der Waals surface area contributed by atoms with Crippen molar-refractivity contribution in [2.45, 2.75) is 0 Å². The number of carbonyl (C=O) groups is 4. The number of halogens is 4. The minimum absolute atomic E-state index is 0.0466. The maximum atomic E-state index is 12.6. The molecule has 0 aliphatic carbocycles. The van der Waals surface area contributed by atoms with Crippen LogP contribution in [0.2, 0.25) is 0 Å². The average molecular weight is 678 g/mol. The minimum atomic E-state index is -1.01. The molecule has 0 radical (unpaired) electrons. The standard InChI is InChI=1S/C18H14Br4O8/c1-3-5-27-9(23)7-29-17(25)11-12(14(20)16(22)15(21)13(11)19)18(26)30-8-10(24)28-6-4-2/h3-4H,1-2,5-8H2. The zero-order valence-electron chi connectivity index (χ0n) is 15.2. The molecule has 0 saturated heterocycles. The Morgan fingerprint density at radius 1 is 0.633 bits per heavy atom. The monoisotopic (exact) mass is 674 g/mol. The van der Waals surface area contributed by atoms with Crippen LogP contribution in [0.15, 0.2) is 43.2 Å². The van der Waals surface area contributed by atoms with Gasteiger partial charge in [-0.15, -0.1) is 0 Å². The molecule has 30 heavy (non-hydrogen) atoms. The molecule has 1 aromatic carbocycles. The summed E-state index contributed by atoms with van der Waals surface area (Å²) in [5, 5.41) is 0. The van der Waals surface area contributed by atoms with Gasteiger partial charge in [-0.05, 0) is 63.7 Å². The second kappa shape index (κ2) is 13.0. The van der Waals surface area contributed by atoms with Crippen LogP contribution >= 0.6 is 63.7 Å². The van der Waals surface area contributed by atoms with Gasteiger partial charge in [-0.3, -0.25) is 0 Å². The fraction of sp³-hybridized carbons (Fsp3) is 0.222. The van der Waals surface area contributed by atoms with Crippen molar-refractivity contribution in [1.29, 1.82) is 0 Å². The average Bonchev–Trinajstić information content (AvgIpc) is 2.73. The van der Waals surface area contributed by atoms with Gasteiger partial charge in [0.25, 0.3) is 0 Å². The van der Waals surface area contributed by atoms with Crippen molar-refractivity contribution in [3.8, 4) is 0 Å². The number of rotatable bonds is 10. The predicted octanol–water partition coefficient (Wildman–Crippen LogP) is 4.51. The van der Waals surface area contributed by atoms with Gasteiger partial charge < -0.3 is 18.9 Å². The van der Waals surface area contributed by atoms with E-state index < -0.39 is 37.1 Å². The van der Waals surface area contributed by atoms with Crippen LogP contribution in [0.25, 0.3) is 0 Å². The van der Waals surface area contributed by atoms with Gasteiger partial charge in [-0.1, -0.05) is 25.3 Å². The van der Waals surface area contributed by atoms with E-state index in [1.54, 1.807) is 0 Å². The lowest BCUT2D eigenvalue weighted by molar-refractivity contribution is -0.146. The third-order valence-electron chi connectivity index (χ3n) is 3.04. The summed E-state index contributed by atoms with van der Waals surface area (Å²) in [4.78, 5) is 48.3. The Kier molecular flexibility index (Phi) is 11.5. The molecule has 8 nitrogen and oxygen atoms in total. The lowest BCUT2D eigenvalue weighted by Gasteiger charge is -2.15. The van der Waals surface area contributed by atoms with E-state index in [1.807, 2.05) is 0 Å². The smallest absolute Gasteiger partial charge is 0.344 e. The second-order valence-electron chi connectivity index (χ2n) is 5.10. The molecule has 0 bridgehead atoms. The normalized spacial score (nSPS) is 10.0. The third kappa shape index (κ3) is 7.33. The molecule has 0 atom stereocenters. The van der Waals surface area contributed by atoms with Gasteiger partial charge in [0.1, 0.15) is 13.2 Å². The summed E-state index contributed by atoms with van der Waals surface area (Å²) in [5.41, 5.74) is -0.476. The number of carbonyl (C=O) groups excluding carboxylic acids is 4. The number of esters is 4. The van der Waals surface area contributed by atoms with Crippen LogP contribution in [0.4, 0.5) is 0 Å². The highest BCUT2D eigenvalue weighted by molar-refractivity contribution is 9.15. The van der Waals surface area contributed by atoms with Crippen molar-refractivity contribution in [3.05, 3.63) is 54.3 Å². The second-order valence-corrected chi connectivity index (χ2v) is 8.27. The summed E-state index contributed by atoms with van der Waals surface area (Å²) in [7, 11) is 0. The van der Waals surface area contributed by atoms with Crippen molar-refractivity contribution in [2.75, 3.05) is 26.4 Å². The van der Waals surface area contributed by atoms with E-state index in [9.17, 15) is 19.2 Å². The highest BCUT2D eigenvalue weighted by Gasteiger charge is 2.30.